The Morgan fingerprint density at radius 3 is 2.47 bits per heavy atom. The molecule has 0 fully saturated rings. The third-order valence-electron chi connectivity index (χ3n) is 4.56. The first-order valence-electron chi connectivity index (χ1n) is 9.04. The number of ether oxygens (including phenoxy) is 1. The molecule has 0 saturated heterocycles. The van der Waals surface area contributed by atoms with Gasteiger partial charge in [-0.05, 0) is 36.4 Å². The van der Waals surface area contributed by atoms with Crippen LogP contribution in [-0.2, 0) is 6.54 Å². The summed E-state index contributed by atoms with van der Waals surface area (Å²) in [6, 6.07) is 18.4. The molecular formula is C23H19BrN2O4. The highest BCUT2D eigenvalue weighted by molar-refractivity contribution is 5.87. The molecule has 4 rings (SSSR count). The number of aromatic nitrogens is 2. The zero-order chi connectivity index (χ0) is 20.2. The van der Waals surface area contributed by atoms with Crippen molar-refractivity contribution in [3.05, 3.63) is 90.4 Å². The van der Waals surface area contributed by atoms with Crippen LogP contribution in [0.1, 0.15) is 15.9 Å². The van der Waals surface area contributed by atoms with Gasteiger partial charge in [-0.25, -0.2) is 14.3 Å². The lowest BCUT2D eigenvalue weighted by molar-refractivity contribution is -0.688. The van der Waals surface area contributed by atoms with E-state index in [-0.39, 0.29) is 22.5 Å². The topological polar surface area (TPSA) is 76.4 Å². The van der Waals surface area contributed by atoms with Gasteiger partial charge in [-0.1, -0.05) is 12.1 Å². The first-order valence-corrected chi connectivity index (χ1v) is 9.04. The summed E-state index contributed by atoms with van der Waals surface area (Å²) in [5, 5.41) is 9.12. The number of carboxylic acids is 1. The van der Waals surface area contributed by atoms with E-state index < -0.39 is 5.97 Å². The summed E-state index contributed by atoms with van der Waals surface area (Å²) >= 11 is 0. The molecule has 0 bridgehead atoms. The molecule has 2 heterocycles. The third kappa shape index (κ3) is 4.75. The SMILES string of the molecule is COc1ccc(-c2cnc(-c3cc[n+](Cc4cccc(C(=O)O)c4)cc3)o2)cc1.[Br-]. The monoisotopic (exact) mass is 466 g/mol. The summed E-state index contributed by atoms with van der Waals surface area (Å²) in [7, 11) is 1.63. The van der Waals surface area contributed by atoms with Gasteiger partial charge >= 0.3 is 5.97 Å². The Balaban J connectivity index is 0.00000256. The number of carbonyl (C=O) groups is 1. The van der Waals surface area contributed by atoms with Gasteiger partial charge in [0.15, 0.2) is 24.7 Å². The number of carboxylic acid groups (broad SMARTS) is 1. The lowest BCUT2D eigenvalue weighted by Gasteiger charge is -2.01. The molecule has 0 radical (unpaired) electrons. The van der Waals surface area contributed by atoms with E-state index in [0.717, 1.165) is 22.4 Å². The van der Waals surface area contributed by atoms with Crippen molar-refractivity contribution in [2.45, 2.75) is 6.54 Å². The van der Waals surface area contributed by atoms with Crippen LogP contribution in [0.15, 0.2) is 83.7 Å². The maximum Gasteiger partial charge on any atom is 0.335 e. The van der Waals surface area contributed by atoms with Crippen molar-refractivity contribution in [1.82, 2.24) is 4.98 Å². The van der Waals surface area contributed by atoms with Crippen LogP contribution in [0.5, 0.6) is 5.75 Å². The second kappa shape index (κ2) is 9.37. The summed E-state index contributed by atoms with van der Waals surface area (Å²) in [6.45, 7) is 0.573. The summed E-state index contributed by atoms with van der Waals surface area (Å²) in [5.41, 5.74) is 2.99. The Morgan fingerprint density at radius 2 is 1.80 bits per heavy atom. The lowest BCUT2D eigenvalue weighted by atomic mass is 10.1. The van der Waals surface area contributed by atoms with Crippen molar-refractivity contribution in [3.8, 4) is 28.5 Å². The van der Waals surface area contributed by atoms with Crippen molar-refractivity contribution in [2.75, 3.05) is 7.11 Å². The maximum atomic E-state index is 11.1. The number of aromatic carboxylic acids is 1. The number of hydrogen-bond acceptors (Lipinski definition) is 4. The van der Waals surface area contributed by atoms with E-state index >= 15 is 0 Å². The standard InChI is InChI=1S/C23H18N2O4.BrH/c1-28-20-7-5-17(6-8-20)21-14-24-22(29-21)18-9-11-25(12-10-18)15-16-3-2-4-19(13-16)23(26)27;/h2-14H,15H2,1H3;1H. The van der Waals surface area contributed by atoms with E-state index in [1.165, 1.54) is 0 Å². The fraction of sp³-hybridized carbons (Fsp3) is 0.0870. The van der Waals surface area contributed by atoms with Gasteiger partial charge in [0, 0.05) is 28.8 Å². The summed E-state index contributed by atoms with van der Waals surface area (Å²) in [5.74, 6) is 1.08. The zero-order valence-corrected chi connectivity index (χ0v) is 17.7. The predicted molar refractivity (Wildman–Crippen MR) is 107 cm³/mol. The van der Waals surface area contributed by atoms with Gasteiger partial charge in [-0.15, -0.1) is 0 Å². The Bertz CT molecular complexity index is 1140. The molecule has 7 heteroatoms. The van der Waals surface area contributed by atoms with Crippen LogP contribution in [-0.4, -0.2) is 23.2 Å². The average Bonchev–Trinajstić information content (AvgIpc) is 3.25. The average molecular weight is 467 g/mol. The van der Waals surface area contributed by atoms with Gasteiger partial charge in [0.2, 0.25) is 5.89 Å². The first-order chi connectivity index (χ1) is 14.1. The van der Waals surface area contributed by atoms with Crippen LogP contribution in [0, 0.1) is 0 Å². The Hall–Kier alpha value is -3.45. The van der Waals surface area contributed by atoms with Crippen molar-refractivity contribution >= 4 is 5.97 Å². The number of benzene rings is 2. The lowest BCUT2D eigenvalue weighted by Crippen LogP contribution is -3.00. The second-order valence-electron chi connectivity index (χ2n) is 6.52. The molecule has 30 heavy (non-hydrogen) atoms. The predicted octanol–water partition coefficient (Wildman–Crippen LogP) is 1.06. The van der Waals surface area contributed by atoms with Crippen LogP contribution in [0.4, 0.5) is 0 Å². The number of halogens is 1. The molecule has 0 unspecified atom stereocenters. The quantitative estimate of drug-likeness (QED) is 0.430. The van der Waals surface area contributed by atoms with E-state index in [0.29, 0.717) is 18.2 Å². The Morgan fingerprint density at radius 1 is 1.07 bits per heavy atom. The molecule has 0 saturated carbocycles. The Kier molecular flexibility index (Phi) is 6.64. The zero-order valence-electron chi connectivity index (χ0n) is 16.2. The molecule has 0 aliphatic rings. The van der Waals surface area contributed by atoms with Gasteiger partial charge in [-0.2, -0.15) is 0 Å². The maximum absolute atomic E-state index is 11.1. The smallest absolute Gasteiger partial charge is 0.335 e. The molecule has 2 aromatic heterocycles. The fourth-order valence-electron chi connectivity index (χ4n) is 3.02. The number of pyridine rings is 1. The van der Waals surface area contributed by atoms with E-state index in [9.17, 15) is 4.79 Å². The number of nitrogens with zero attached hydrogens (tertiary/aromatic N) is 2. The van der Waals surface area contributed by atoms with Crippen LogP contribution in [0.2, 0.25) is 0 Å². The van der Waals surface area contributed by atoms with Crippen LogP contribution >= 0.6 is 0 Å². The summed E-state index contributed by atoms with van der Waals surface area (Å²) in [4.78, 5) is 15.5. The summed E-state index contributed by atoms with van der Waals surface area (Å²) < 4.78 is 13.0. The largest absolute Gasteiger partial charge is 1.00 e. The Labute approximate surface area is 184 Å². The molecule has 0 aliphatic carbocycles. The highest BCUT2D eigenvalue weighted by Crippen LogP contribution is 2.26. The fourth-order valence-corrected chi connectivity index (χ4v) is 3.02. The minimum atomic E-state index is -0.927. The third-order valence-corrected chi connectivity index (χ3v) is 4.56. The number of hydrogen-bond donors (Lipinski definition) is 1. The number of oxazole rings is 1. The molecule has 1 N–H and O–H groups in total. The van der Waals surface area contributed by atoms with Crippen LogP contribution in [0.25, 0.3) is 22.8 Å². The van der Waals surface area contributed by atoms with Gasteiger partial charge in [-0.3, -0.25) is 0 Å². The van der Waals surface area contributed by atoms with Crippen molar-refractivity contribution in [1.29, 1.82) is 0 Å². The minimum absolute atomic E-state index is 0. The molecule has 2 aromatic carbocycles. The van der Waals surface area contributed by atoms with Crippen LogP contribution in [0.3, 0.4) is 0 Å². The van der Waals surface area contributed by atoms with Crippen molar-refractivity contribution in [3.63, 3.8) is 0 Å². The van der Waals surface area contributed by atoms with Gasteiger partial charge in [0.1, 0.15) is 5.75 Å². The van der Waals surface area contributed by atoms with Crippen LogP contribution < -0.4 is 26.3 Å². The van der Waals surface area contributed by atoms with E-state index in [4.69, 9.17) is 14.3 Å². The summed E-state index contributed by atoms with van der Waals surface area (Å²) in [6.07, 6.45) is 5.54. The highest BCUT2D eigenvalue weighted by atomic mass is 79.9. The molecule has 0 amide bonds. The molecular weight excluding hydrogens is 448 g/mol. The molecule has 0 spiro atoms. The molecule has 4 aromatic rings. The van der Waals surface area contributed by atoms with Crippen molar-refractivity contribution in [2.24, 2.45) is 0 Å². The normalized spacial score (nSPS) is 10.3. The molecule has 0 atom stereocenters. The number of rotatable bonds is 6. The minimum Gasteiger partial charge on any atom is -1.00 e. The van der Waals surface area contributed by atoms with E-state index in [1.54, 1.807) is 31.5 Å². The van der Waals surface area contributed by atoms with Gasteiger partial charge in [0.05, 0.1) is 18.9 Å². The van der Waals surface area contributed by atoms with Crippen molar-refractivity contribution < 1.29 is 40.6 Å². The second-order valence-corrected chi connectivity index (χ2v) is 6.52. The van der Waals surface area contributed by atoms with E-state index in [2.05, 4.69) is 4.98 Å². The molecule has 0 aliphatic heterocycles. The first kappa shape index (κ1) is 21.3. The molecule has 152 valence electrons. The van der Waals surface area contributed by atoms with Gasteiger partial charge in [0.25, 0.3) is 0 Å². The van der Waals surface area contributed by atoms with Gasteiger partial charge < -0.3 is 31.2 Å². The molecule has 6 nitrogen and oxygen atoms in total. The number of methoxy groups -OCH3 is 1. The highest BCUT2D eigenvalue weighted by Gasteiger charge is 2.12. The van der Waals surface area contributed by atoms with E-state index in [1.807, 2.05) is 59.4 Å².